The number of benzene rings is 1. The maximum Gasteiger partial charge on any atom is 0.251 e. The summed E-state index contributed by atoms with van der Waals surface area (Å²) in [7, 11) is 2.14. The average Bonchev–Trinajstić information content (AvgIpc) is 3.30. The molecule has 1 fully saturated rings. The summed E-state index contributed by atoms with van der Waals surface area (Å²) in [6.45, 7) is 4.80. The molecule has 1 saturated heterocycles. The number of nitrogens with one attached hydrogen (secondary N) is 1. The molecule has 0 saturated carbocycles. The van der Waals surface area contributed by atoms with Crippen molar-refractivity contribution >= 4 is 17.4 Å². The molecule has 4 heterocycles. The summed E-state index contributed by atoms with van der Waals surface area (Å²) >= 11 is 0. The van der Waals surface area contributed by atoms with Crippen molar-refractivity contribution in [3.8, 4) is 5.75 Å². The van der Waals surface area contributed by atoms with E-state index in [9.17, 15) is 4.79 Å². The molecule has 0 bridgehead atoms. The van der Waals surface area contributed by atoms with E-state index < -0.39 is 0 Å². The Hall–Kier alpha value is -3.91. The predicted molar refractivity (Wildman–Crippen MR) is 131 cm³/mol. The van der Waals surface area contributed by atoms with Crippen molar-refractivity contribution in [3.63, 3.8) is 0 Å². The molecule has 1 N–H and O–H groups in total. The van der Waals surface area contributed by atoms with Crippen LogP contribution in [0.25, 0.3) is 5.65 Å². The fourth-order valence-electron chi connectivity index (χ4n) is 3.97. The van der Waals surface area contributed by atoms with Gasteiger partial charge in [-0.2, -0.15) is 0 Å². The lowest BCUT2D eigenvalue weighted by Crippen LogP contribution is -2.44. The number of piperazine rings is 1. The Bertz CT molecular complexity index is 1230. The van der Waals surface area contributed by atoms with E-state index >= 15 is 0 Å². The second kappa shape index (κ2) is 9.93. The van der Waals surface area contributed by atoms with E-state index in [1.807, 2.05) is 65.5 Å². The number of anilines is 1. The van der Waals surface area contributed by atoms with Crippen LogP contribution in [0.1, 0.15) is 21.6 Å². The minimum Gasteiger partial charge on any atom is -0.487 e. The minimum atomic E-state index is -0.152. The highest BCUT2D eigenvalue weighted by Gasteiger charge is 2.15. The van der Waals surface area contributed by atoms with Crippen molar-refractivity contribution in [2.45, 2.75) is 13.2 Å². The molecule has 0 aliphatic carbocycles. The molecule has 4 aromatic rings. The topological polar surface area (TPSA) is 75.0 Å². The molecule has 0 unspecified atom stereocenters. The molecule has 8 heteroatoms. The lowest BCUT2D eigenvalue weighted by Gasteiger charge is -2.33. The number of hydrogen-bond donors (Lipinski definition) is 1. The summed E-state index contributed by atoms with van der Waals surface area (Å²) in [5, 5.41) is 2.97. The molecule has 0 spiro atoms. The van der Waals surface area contributed by atoms with E-state index in [2.05, 4.69) is 32.1 Å². The first kappa shape index (κ1) is 21.9. The Morgan fingerprint density at radius 1 is 1.06 bits per heavy atom. The minimum absolute atomic E-state index is 0.152. The van der Waals surface area contributed by atoms with E-state index in [0.29, 0.717) is 24.5 Å². The van der Waals surface area contributed by atoms with Gasteiger partial charge >= 0.3 is 0 Å². The molecule has 1 aliphatic rings. The number of carbonyl (C=O) groups excluding carboxylic acids is 1. The van der Waals surface area contributed by atoms with Crippen LogP contribution in [0.4, 0.5) is 5.82 Å². The van der Waals surface area contributed by atoms with Gasteiger partial charge in [-0.05, 0) is 49.0 Å². The zero-order chi connectivity index (χ0) is 23.3. The number of pyridine rings is 2. The fourth-order valence-corrected chi connectivity index (χ4v) is 3.97. The molecule has 3 aromatic heterocycles. The van der Waals surface area contributed by atoms with Gasteiger partial charge in [-0.15, -0.1) is 0 Å². The maximum atomic E-state index is 12.7. The molecule has 0 atom stereocenters. The van der Waals surface area contributed by atoms with Crippen molar-refractivity contribution < 1.29 is 9.53 Å². The first-order chi connectivity index (χ1) is 16.6. The number of nitrogens with zero attached hydrogens (tertiary/aromatic N) is 5. The Morgan fingerprint density at radius 2 is 1.94 bits per heavy atom. The largest absolute Gasteiger partial charge is 0.487 e. The summed E-state index contributed by atoms with van der Waals surface area (Å²) in [5.41, 5.74) is 3.22. The molecule has 5 rings (SSSR count). The third-order valence-corrected chi connectivity index (χ3v) is 5.99. The Labute approximate surface area is 198 Å². The third kappa shape index (κ3) is 5.18. The van der Waals surface area contributed by atoms with E-state index in [4.69, 9.17) is 4.74 Å². The number of aromatic nitrogens is 3. The van der Waals surface area contributed by atoms with Crippen LogP contribution in [-0.2, 0) is 13.2 Å². The van der Waals surface area contributed by atoms with Gasteiger partial charge in [0.25, 0.3) is 5.91 Å². The second-order valence-electron chi connectivity index (χ2n) is 8.51. The number of hydrogen-bond acceptors (Lipinski definition) is 6. The summed E-state index contributed by atoms with van der Waals surface area (Å²) in [4.78, 5) is 26.4. The number of fused-ring (bicyclic) bond motifs is 1. The number of ether oxygens (including phenoxy) is 1. The van der Waals surface area contributed by atoms with Gasteiger partial charge in [-0.3, -0.25) is 4.79 Å². The van der Waals surface area contributed by atoms with Crippen LogP contribution in [0.3, 0.4) is 0 Å². The van der Waals surface area contributed by atoms with Crippen LogP contribution in [-0.4, -0.2) is 58.4 Å². The normalized spacial score (nSPS) is 14.3. The van der Waals surface area contributed by atoms with E-state index in [1.54, 1.807) is 12.1 Å². The lowest BCUT2D eigenvalue weighted by atomic mass is 10.2. The standard InChI is InChI=1S/C26H28N6O2/c1-30-11-13-31(14-12-30)24-9-8-20(16-27-24)17-28-26(33)21-5-4-6-23(15-21)34-19-22-18-32-10-3-2-7-25(32)29-22/h2-10,15-16,18H,11-14,17,19H2,1H3,(H,28,33). The van der Waals surface area contributed by atoms with Crippen LogP contribution in [0.5, 0.6) is 5.75 Å². The summed E-state index contributed by atoms with van der Waals surface area (Å²) < 4.78 is 7.83. The Balaban J connectivity index is 1.14. The Kier molecular flexibility index (Phi) is 6.40. The number of likely N-dealkylation sites (N-methyl/N-ethyl adjacent to an activating group) is 1. The number of amides is 1. The molecule has 1 aliphatic heterocycles. The maximum absolute atomic E-state index is 12.7. The summed E-state index contributed by atoms with van der Waals surface area (Å²) in [6.07, 6.45) is 5.73. The molecular formula is C26H28N6O2. The van der Waals surface area contributed by atoms with Crippen LogP contribution in [0.15, 0.2) is 73.2 Å². The van der Waals surface area contributed by atoms with Gasteiger partial charge in [0.1, 0.15) is 23.8 Å². The quantitative estimate of drug-likeness (QED) is 0.461. The van der Waals surface area contributed by atoms with Gasteiger partial charge in [0.15, 0.2) is 0 Å². The highest BCUT2D eigenvalue weighted by atomic mass is 16.5. The highest BCUT2D eigenvalue weighted by Crippen LogP contribution is 2.17. The summed E-state index contributed by atoms with van der Waals surface area (Å²) in [6, 6.07) is 17.1. The fraction of sp³-hybridized carbons (Fsp3) is 0.269. The predicted octanol–water partition coefficient (Wildman–Crippen LogP) is 2.99. The van der Waals surface area contributed by atoms with E-state index in [-0.39, 0.29) is 5.91 Å². The molecule has 34 heavy (non-hydrogen) atoms. The number of carbonyl (C=O) groups is 1. The second-order valence-corrected chi connectivity index (χ2v) is 8.51. The lowest BCUT2D eigenvalue weighted by molar-refractivity contribution is 0.0950. The van der Waals surface area contributed by atoms with Crippen molar-refractivity contribution in [3.05, 3.63) is 90.0 Å². The van der Waals surface area contributed by atoms with Gasteiger partial charge in [0, 0.05) is 56.9 Å². The monoisotopic (exact) mass is 456 g/mol. The van der Waals surface area contributed by atoms with E-state index in [0.717, 1.165) is 48.9 Å². The molecule has 1 aromatic carbocycles. The molecule has 8 nitrogen and oxygen atoms in total. The number of rotatable bonds is 7. The van der Waals surface area contributed by atoms with Crippen LogP contribution in [0.2, 0.25) is 0 Å². The third-order valence-electron chi connectivity index (χ3n) is 5.99. The number of imidazole rings is 1. The van der Waals surface area contributed by atoms with Crippen LogP contribution >= 0.6 is 0 Å². The van der Waals surface area contributed by atoms with E-state index in [1.165, 1.54) is 0 Å². The molecule has 174 valence electrons. The van der Waals surface area contributed by atoms with Crippen molar-refractivity contribution in [2.75, 3.05) is 38.1 Å². The smallest absolute Gasteiger partial charge is 0.251 e. The first-order valence-corrected chi connectivity index (χ1v) is 11.5. The first-order valence-electron chi connectivity index (χ1n) is 11.5. The van der Waals surface area contributed by atoms with Gasteiger partial charge in [0.05, 0.1) is 5.69 Å². The molecule has 1 amide bonds. The van der Waals surface area contributed by atoms with Gasteiger partial charge in [0.2, 0.25) is 0 Å². The van der Waals surface area contributed by atoms with Crippen molar-refractivity contribution in [1.29, 1.82) is 0 Å². The van der Waals surface area contributed by atoms with Gasteiger partial charge < -0.3 is 24.3 Å². The SMILES string of the molecule is CN1CCN(c2ccc(CNC(=O)c3cccc(OCc4cn5ccccc5n4)c3)cn2)CC1. The average molecular weight is 457 g/mol. The van der Waals surface area contributed by atoms with Crippen LogP contribution in [0, 0.1) is 0 Å². The van der Waals surface area contributed by atoms with Gasteiger partial charge in [-0.25, -0.2) is 9.97 Å². The van der Waals surface area contributed by atoms with Gasteiger partial charge in [-0.1, -0.05) is 18.2 Å². The zero-order valence-electron chi connectivity index (χ0n) is 19.2. The molecule has 0 radical (unpaired) electrons. The van der Waals surface area contributed by atoms with Crippen LogP contribution < -0.4 is 15.0 Å². The van der Waals surface area contributed by atoms with Crippen molar-refractivity contribution in [2.24, 2.45) is 0 Å². The zero-order valence-corrected chi connectivity index (χ0v) is 19.2. The molecular weight excluding hydrogens is 428 g/mol. The summed E-state index contributed by atoms with van der Waals surface area (Å²) in [5.74, 6) is 1.46. The highest BCUT2D eigenvalue weighted by molar-refractivity contribution is 5.94. The van der Waals surface area contributed by atoms with Crippen molar-refractivity contribution in [1.82, 2.24) is 24.6 Å². The Morgan fingerprint density at radius 3 is 2.74 bits per heavy atom.